The second-order valence-corrected chi connectivity index (χ2v) is 11.5. The second-order valence-electron chi connectivity index (χ2n) is 3.64. The minimum absolute atomic E-state index is 0.933. The van der Waals surface area contributed by atoms with Gasteiger partial charge in [0.15, 0.2) is 0 Å². The summed E-state index contributed by atoms with van der Waals surface area (Å²) in [7, 11) is 0. The quantitative estimate of drug-likeness (QED) is 0.543. The summed E-state index contributed by atoms with van der Waals surface area (Å²) < 4.78 is 0. The van der Waals surface area contributed by atoms with Crippen LogP contribution in [0.5, 0.6) is 0 Å². The van der Waals surface area contributed by atoms with E-state index in [9.17, 15) is 0 Å². The van der Waals surface area contributed by atoms with E-state index in [0.717, 1.165) is 18.5 Å². The predicted molar refractivity (Wildman–Crippen MR) is 67.6 cm³/mol. The maximum absolute atomic E-state index is 6.23. The lowest BCUT2D eigenvalue weighted by atomic mass is 10.1. The van der Waals surface area contributed by atoms with E-state index in [0.29, 0.717) is 0 Å². The highest BCUT2D eigenvalue weighted by molar-refractivity contribution is 7.45. The summed E-state index contributed by atoms with van der Waals surface area (Å²) in [6, 6.07) is 10.3. The van der Waals surface area contributed by atoms with Crippen molar-refractivity contribution < 1.29 is 0 Å². The molecule has 0 aliphatic carbocycles. The van der Waals surface area contributed by atoms with Crippen molar-refractivity contribution in [3.63, 3.8) is 0 Å². The molecular weight excluding hydrogens is 231 g/mol. The minimum atomic E-state index is -1.94. The van der Waals surface area contributed by atoms with Gasteiger partial charge in [0.05, 0.1) is 0 Å². The van der Waals surface area contributed by atoms with E-state index >= 15 is 0 Å². The topological polar surface area (TPSA) is 0 Å². The molecule has 78 valence electrons. The van der Waals surface area contributed by atoms with E-state index in [1.54, 1.807) is 0 Å². The first-order valence-electron chi connectivity index (χ1n) is 4.97. The molecule has 0 radical (unpaired) electrons. The van der Waals surface area contributed by atoms with Gasteiger partial charge in [0.2, 0.25) is 0 Å². The molecule has 1 aromatic rings. The fourth-order valence-corrected chi connectivity index (χ4v) is 2.94. The van der Waals surface area contributed by atoms with Gasteiger partial charge in [-0.1, -0.05) is 31.2 Å². The summed E-state index contributed by atoms with van der Waals surface area (Å²) in [5, 5.41) is 0. The van der Waals surface area contributed by atoms with Crippen LogP contribution in [-0.4, -0.2) is 6.69 Å². The maximum atomic E-state index is 6.23. The highest BCUT2D eigenvalue weighted by Crippen LogP contribution is 2.27. The smallest absolute Gasteiger partial charge is 0.146 e. The first kappa shape index (κ1) is 12.1. The van der Waals surface area contributed by atoms with Crippen molar-refractivity contribution in [1.82, 2.24) is 0 Å². The van der Waals surface area contributed by atoms with Crippen LogP contribution in [0.15, 0.2) is 24.3 Å². The molecule has 0 saturated heterocycles. The average molecular weight is 247 g/mol. The van der Waals surface area contributed by atoms with Gasteiger partial charge in [0, 0.05) is 0 Å². The Balaban J connectivity index is 2.58. The van der Waals surface area contributed by atoms with E-state index in [1.165, 1.54) is 11.1 Å². The molecule has 0 unspecified atom stereocenters. The standard InChI is InChI=1S/C11H16Cl2Si/c1-3-14(12,13)9-8-11-7-5-4-6-10(11)2/h4-7H,3,8-9H2,1-2H3. The highest BCUT2D eigenvalue weighted by Gasteiger charge is 2.25. The first-order chi connectivity index (χ1) is 6.55. The molecule has 14 heavy (non-hydrogen) atoms. The third-order valence-electron chi connectivity index (χ3n) is 2.54. The van der Waals surface area contributed by atoms with Gasteiger partial charge in [0.25, 0.3) is 6.69 Å². The van der Waals surface area contributed by atoms with Crippen LogP contribution in [0.4, 0.5) is 0 Å². The molecule has 0 bridgehead atoms. The molecule has 0 saturated carbocycles. The van der Waals surface area contributed by atoms with Crippen LogP contribution in [0, 0.1) is 6.92 Å². The van der Waals surface area contributed by atoms with Gasteiger partial charge < -0.3 is 0 Å². The molecule has 0 atom stereocenters. The molecule has 3 heteroatoms. The lowest BCUT2D eigenvalue weighted by molar-refractivity contribution is 1.08. The Morgan fingerprint density at radius 3 is 2.43 bits per heavy atom. The molecular formula is C11H16Cl2Si. The Bertz CT molecular complexity index is 297. The largest absolute Gasteiger partial charge is 0.251 e. The highest BCUT2D eigenvalue weighted by atomic mass is 35.7. The molecule has 0 aliphatic heterocycles. The van der Waals surface area contributed by atoms with Crippen molar-refractivity contribution in [2.24, 2.45) is 0 Å². The fourth-order valence-electron chi connectivity index (χ4n) is 1.38. The van der Waals surface area contributed by atoms with Crippen molar-refractivity contribution in [3.05, 3.63) is 35.4 Å². The average Bonchev–Trinajstić information content (AvgIpc) is 2.17. The van der Waals surface area contributed by atoms with Gasteiger partial charge in [-0.15, -0.1) is 22.2 Å². The zero-order chi connectivity index (χ0) is 10.6. The third kappa shape index (κ3) is 3.64. The van der Waals surface area contributed by atoms with Gasteiger partial charge in [-0.2, -0.15) is 0 Å². The Labute approximate surface area is 96.7 Å². The van der Waals surface area contributed by atoms with Crippen LogP contribution in [0.2, 0.25) is 12.1 Å². The Morgan fingerprint density at radius 1 is 1.21 bits per heavy atom. The van der Waals surface area contributed by atoms with Gasteiger partial charge in [-0.05, 0) is 36.6 Å². The van der Waals surface area contributed by atoms with E-state index in [2.05, 4.69) is 38.1 Å². The van der Waals surface area contributed by atoms with Gasteiger partial charge in [-0.25, -0.2) is 0 Å². The fraction of sp³-hybridized carbons (Fsp3) is 0.455. The van der Waals surface area contributed by atoms with Crippen molar-refractivity contribution in [1.29, 1.82) is 0 Å². The Morgan fingerprint density at radius 2 is 1.86 bits per heavy atom. The number of rotatable bonds is 4. The van der Waals surface area contributed by atoms with E-state index in [1.807, 2.05) is 0 Å². The monoisotopic (exact) mass is 246 g/mol. The van der Waals surface area contributed by atoms with Crippen LogP contribution in [0.25, 0.3) is 0 Å². The third-order valence-corrected chi connectivity index (χ3v) is 7.29. The molecule has 0 fully saturated rings. The summed E-state index contributed by atoms with van der Waals surface area (Å²) in [4.78, 5) is 0. The van der Waals surface area contributed by atoms with Crippen molar-refractivity contribution >= 4 is 28.9 Å². The molecule has 0 nitrogen and oxygen atoms in total. The summed E-state index contributed by atoms with van der Waals surface area (Å²) in [6.07, 6.45) is 1.01. The molecule has 0 spiro atoms. The number of halogens is 2. The molecule has 0 amide bonds. The summed E-state index contributed by atoms with van der Waals surface area (Å²) in [5.74, 6) is 0. The Kier molecular flexibility index (Phi) is 4.49. The van der Waals surface area contributed by atoms with Crippen LogP contribution >= 0.6 is 22.2 Å². The van der Waals surface area contributed by atoms with Gasteiger partial charge in [-0.3, -0.25) is 0 Å². The van der Waals surface area contributed by atoms with Crippen molar-refractivity contribution in [2.45, 2.75) is 32.4 Å². The SMILES string of the molecule is CC[Si](Cl)(Cl)CCc1ccccc1C. The van der Waals surface area contributed by atoms with E-state index < -0.39 is 6.69 Å². The summed E-state index contributed by atoms with van der Waals surface area (Å²) in [6.45, 7) is 2.27. The van der Waals surface area contributed by atoms with Crippen LogP contribution in [-0.2, 0) is 6.42 Å². The van der Waals surface area contributed by atoms with E-state index in [4.69, 9.17) is 22.2 Å². The van der Waals surface area contributed by atoms with Gasteiger partial charge >= 0.3 is 0 Å². The summed E-state index contributed by atoms with van der Waals surface area (Å²) >= 11 is 12.5. The number of benzene rings is 1. The zero-order valence-electron chi connectivity index (χ0n) is 8.69. The first-order valence-corrected chi connectivity index (χ1v) is 9.41. The molecule has 0 aromatic heterocycles. The summed E-state index contributed by atoms with van der Waals surface area (Å²) in [5.41, 5.74) is 2.71. The number of hydrogen-bond acceptors (Lipinski definition) is 0. The molecule has 0 N–H and O–H groups in total. The van der Waals surface area contributed by atoms with Crippen LogP contribution < -0.4 is 0 Å². The number of aryl methyl sites for hydroxylation is 2. The molecule has 1 rings (SSSR count). The lowest BCUT2D eigenvalue weighted by Gasteiger charge is -2.14. The molecule has 0 aliphatic rings. The van der Waals surface area contributed by atoms with Crippen molar-refractivity contribution in [2.75, 3.05) is 0 Å². The number of hydrogen-bond donors (Lipinski definition) is 0. The lowest BCUT2D eigenvalue weighted by Crippen LogP contribution is -2.17. The minimum Gasteiger partial charge on any atom is -0.146 e. The zero-order valence-corrected chi connectivity index (χ0v) is 11.2. The molecule has 0 heterocycles. The van der Waals surface area contributed by atoms with Crippen molar-refractivity contribution in [3.8, 4) is 0 Å². The normalized spacial score (nSPS) is 11.7. The van der Waals surface area contributed by atoms with Crippen LogP contribution in [0.3, 0.4) is 0 Å². The molecule has 1 aromatic carbocycles. The van der Waals surface area contributed by atoms with Gasteiger partial charge in [0.1, 0.15) is 0 Å². The second kappa shape index (κ2) is 5.20. The van der Waals surface area contributed by atoms with E-state index in [-0.39, 0.29) is 0 Å². The predicted octanol–water partition coefficient (Wildman–Crippen LogP) is 4.48. The maximum Gasteiger partial charge on any atom is 0.251 e. The van der Waals surface area contributed by atoms with Crippen LogP contribution in [0.1, 0.15) is 18.1 Å². The Hall–Kier alpha value is 0.0169.